The summed E-state index contributed by atoms with van der Waals surface area (Å²) in [4.78, 5) is 54.3. The van der Waals surface area contributed by atoms with Crippen LogP contribution in [0.25, 0.3) is 0 Å². The number of aryl methyl sites for hydroxylation is 2. The van der Waals surface area contributed by atoms with Crippen LogP contribution < -0.4 is 5.32 Å². The zero-order chi connectivity index (χ0) is 55.2. The molecule has 4 fully saturated rings. The molecule has 5 amide bonds. The zero-order valence-corrected chi connectivity index (χ0v) is 50.9. The molecule has 5 aromatic carbocycles. The van der Waals surface area contributed by atoms with Crippen LogP contribution in [0.1, 0.15) is 82.3 Å². The quantitative estimate of drug-likeness (QED) is 0.0934. The second-order valence-corrected chi connectivity index (χ2v) is 21.3. The van der Waals surface area contributed by atoms with Crippen LogP contribution in [0.3, 0.4) is 0 Å². The zero-order valence-electron chi connectivity index (χ0n) is 46.9. The maximum atomic E-state index is 13.6. The van der Waals surface area contributed by atoms with E-state index in [4.69, 9.17) is 0 Å². The molecule has 0 unspecified atom stereocenters. The van der Waals surface area contributed by atoms with Crippen LogP contribution in [0.15, 0.2) is 140 Å². The molecule has 4 aliphatic rings. The first-order chi connectivity index (χ1) is 37.5. The molecule has 450 valence electrons. The van der Waals surface area contributed by atoms with E-state index in [1.165, 1.54) is 35.4 Å². The number of hydrogen-bond acceptors (Lipinski definition) is 6. The van der Waals surface area contributed by atoms with Gasteiger partial charge in [-0.1, -0.05) is 103 Å². The second-order valence-electron chi connectivity index (χ2n) is 21.3. The standard InChI is InChI=1S/C34H39F3N4O2.C27H35F3N4O.4H2S/c1-38(30-18-21-39(24-30)20-8-11-26-9-4-2-5-10-26)33(43)40-22-19-31(25-40)41(32(42)28-12-6-3-7-13-28)23-27-14-16-29(17-15-27)34(35,36)37;1-32(25-14-16-33(20-25)15-5-8-21-6-3-2-4-7-21)26(35)34-17-13-24(19-34)31-18-22-9-11-23(12-10-22)27(28,29)30;;;;/h2-7,9-10,12-17,30-31H,8,11,18-25H2,1H3;2-4,6-7,9-12,24-25,31H,5,8,13-20H2,1H3;4*1H2/t30-,31-;24-,25-;;;;/m00..../s1. The first-order valence-electron chi connectivity index (χ1n) is 27.5. The minimum atomic E-state index is -4.42. The molecule has 1 N–H and O–H groups in total. The molecule has 11 nitrogen and oxygen atoms in total. The minimum Gasteiger partial charge on any atom is -0.329 e. The number of likely N-dealkylation sites (N-methyl/N-ethyl adjacent to an activating group) is 2. The van der Waals surface area contributed by atoms with Gasteiger partial charge in [-0.25, -0.2) is 9.59 Å². The van der Waals surface area contributed by atoms with E-state index in [9.17, 15) is 40.7 Å². The molecular weight excluding hydrogens is 1130 g/mol. The average Bonchev–Trinajstić information content (AvgIpc) is 4.32. The lowest BCUT2D eigenvalue weighted by atomic mass is 10.1. The van der Waals surface area contributed by atoms with Gasteiger partial charge in [0, 0.05) is 103 Å². The van der Waals surface area contributed by atoms with Gasteiger partial charge in [0.2, 0.25) is 0 Å². The Morgan fingerprint density at radius 2 is 0.902 bits per heavy atom. The number of alkyl halides is 6. The van der Waals surface area contributed by atoms with Gasteiger partial charge in [0.15, 0.2) is 0 Å². The van der Waals surface area contributed by atoms with Gasteiger partial charge in [-0.2, -0.15) is 80.3 Å². The summed E-state index contributed by atoms with van der Waals surface area (Å²) in [5.41, 5.74) is 3.27. The van der Waals surface area contributed by atoms with Crippen molar-refractivity contribution in [3.8, 4) is 0 Å². The molecule has 0 aromatic heterocycles. The van der Waals surface area contributed by atoms with E-state index < -0.39 is 23.5 Å². The third-order valence-corrected chi connectivity index (χ3v) is 15.9. The maximum Gasteiger partial charge on any atom is 0.416 e. The number of nitrogens with zero attached hydrogens (tertiary/aromatic N) is 7. The van der Waals surface area contributed by atoms with Gasteiger partial charge < -0.3 is 39.6 Å². The third kappa shape index (κ3) is 19.8. The lowest BCUT2D eigenvalue weighted by Crippen LogP contribution is -2.48. The first kappa shape index (κ1) is 69.5. The molecule has 0 aliphatic carbocycles. The smallest absolute Gasteiger partial charge is 0.329 e. The van der Waals surface area contributed by atoms with E-state index in [2.05, 4.69) is 63.6 Å². The molecule has 0 bridgehead atoms. The van der Waals surface area contributed by atoms with Gasteiger partial charge in [-0.05, 0) is 123 Å². The van der Waals surface area contributed by atoms with Crippen molar-refractivity contribution in [2.75, 3.05) is 79.5 Å². The molecule has 0 spiro atoms. The van der Waals surface area contributed by atoms with Crippen molar-refractivity contribution in [1.82, 2.24) is 39.6 Å². The number of nitrogens with one attached hydrogen (secondary N) is 1. The highest BCUT2D eigenvalue weighted by molar-refractivity contribution is 7.59. The third-order valence-electron chi connectivity index (χ3n) is 15.9. The molecule has 21 heteroatoms. The summed E-state index contributed by atoms with van der Waals surface area (Å²) in [6.07, 6.45) is -1.06. The number of benzene rings is 5. The fraction of sp³-hybridized carbons (Fsp3) is 0.459. The van der Waals surface area contributed by atoms with Gasteiger partial charge in [-0.15, -0.1) is 0 Å². The van der Waals surface area contributed by atoms with Crippen molar-refractivity contribution in [2.45, 2.75) is 101 Å². The molecule has 4 atom stereocenters. The van der Waals surface area contributed by atoms with Crippen LogP contribution in [0.2, 0.25) is 0 Å². The Bertz CT molecular complexity index is 2690. The van der Waals surface area contributed by atoms with Gasteiger partial charge in [-0.3, -0.25) is 4.79 Å². The van der Waals surface area contributed by atoms with Crippen molar-refractivity contribution in [3.05, 3.63) is 178 Å². The second kappa shape index (κ2) is 32.9. The minimum absolute atomic E-state index is 0. The molecule has 9 rings (SSSR count). The number of urea groups is 2. The van der Waals surface area contributed by atoms with E-state index in [1.807, 2.05) is 47.0 Å². The summed E-state index contributed by atoms with van der Waals surface area (Å²) in [6, 6.07) is 40.4. The van der Waals surface area contributed by atoms with Gasteiger partial charge >= 0.3 is 24.4 Å². The summed E-state index contributed by atoms with van der Waals surface area (Å²) in [7, 11) is 3.77. The Morgan fingerprint density at radius 3 is 1.37 bits per heavy atom. The summed E-state index contributed by atoms with van der Waals surface area (Å²) in [5, 5.41) is 3.39. The highest BCUT2D eigenvalue weighted by Gasteiger charge is 2.38. The number of amides is 5. The van der Waals surface area contributed by atoms with Crippen LogP contribution in [0, 0.1) is 0 Å². The summed E-state index contributed by atoms with van der Waals surface area (Å²) >= 11 is 0. The van der Waals surface area contributed by atoms with Gasteiger partial charge in [0.05, 0.1) is 17.2 Å². The lowest BCUT2D eigenvalue weighted by molar-refractivity contribution is -0.138. The number of carbonyl (C=O) groups excluding carboxylic acids is 3. The van der Waals surface area contributed by atoms with Crippen molar-refractivity contribution in [3.63, 3.8) is 0 Å². The number of halogens is 6. The SMILES string of the molecule is CN(C(=O)N1CC[C@H](N(Cc2ccc(C(F)(F)F)cc2)C(=O)c2ccccc2)C1)[C@H]1CCN(CCCc2ccccc2)C1.CN(C(=O)N1CC[C@H](NCc2ccc(C(F)(F)F)cc2)C1)[C@H]1CCN(CCCc2ccccc2)C1.S.S.S.S. The molecule has 4 saturated heterocycles. The number of rotatable bonds is 17. The fourth-order valence-electron chi connectivity index (χ4n) is 11.2. The van der Waals surface area contributed by atoms with E-state index in [0.29, 0.717) is 50.3 Å². The fourth-order valence-corrected chi connectivity index (χ4v) is 11.2. The van der Waals surface area contributed by atoms with Crippen molar-refractivity contribution in [1.29, 1.82) is 0 Å². The molecule has 0 saturated carbocycles. The van der Waals surface area contributed by atoms with E-state index in [1.54, 1.807) is 34.1 Å². The van der Waals surface area contributed by atoms with E-state index >= 15 is 0 Å². The van der Waals surface area contributed by atoms with Gasteiger partial charge in [0.25, 0.3) is 5.91 Å². The molecule has 4 heterocycles. The first-order valence-corrected chi connectivity index (χ1v) is 27.5. The highest BCUT2D eigenvalue weighted by Crippen LogP contribution is 2.31. The largest absolute Gasteiger partial charge is 0.416 e. The summed E-state index contributed by atoms with van der Waals surface area (Å²) in [5.74, 6) is -0.199. The highest BCUT2D eigenvalue weighted by atomic mass is 32.1. The van der Waals surface area contributed by atoms with Crippen LogP contribution in [0.4, 0.5) is 35.9 Å². The summed E-state index contributed by atoms with van der Waals surface area (Å²) < 4.78 is 77.5. The molecule has 5 aromatic rings. The van der Waals surface area contributed by atoms with Gasteiger partial charge in [0.1, 0.15) is 0 Å². The molecule has 4 aliphatic heterocycles. The normalized spacial score (nSPS) is 18.9. The molecule has 82 heavy (non-hydrogen) atoms. The topological polar surface area (TPSA) is 85.9 Å². The lowest BCUT2D eigenvalue weighted by Gasteiger charge is -2.32. The Kier molecular flexibility index (Phi) is 27.8. The van der Waals surface area contributed by atoms with Crippen molar-refractivity contribution < 1.29 is 40.7 Å². The Morgan fingerprint density at radius 1 is 0.488 bits per heavy atom. The average molecular weight is 1220 g/mol. The summed E-state index contributed by atoms with van der Waals surface area (Å²) in [6.45, 7) is 8.67. The number of hydrogen-bond donors (Lipinski definition) is 1. The maximum absolute atomic E-state index is 13.6. The van der Waals surface area contributed by atoms with E-state index in [0.717, 1.165) is 114 Å². The Balaban J connectivity index is 0.000000342. The monoisotopic (exact) mass is 1220 g/mol. The van der Waals surface area contributed by atoms with Crippen molar-refractivity contribution in [2.24, 2.45) is 0 Å². The molecule has 0 radical (unpaired) electrons. The predicted octanol–water partition coefficient (Wildman–Crippen LogP) is 11.3. The van der Waals surface area contributed by atoms with E-state index in [-0.39, 0.29) is 103 Å². The van der Waals surface area contributed by atoms with Crippen LogP contribution >= 0.6 is 54.0 Å². The van der Waals surface area contributed by atoms with Crippen LogP contribution in [-0.2, 0) is 38.3 Å². The number of likely N-dealkylation sites (tertiary alicyclic amines) is 4. The number of carbonyl (C=O) groups is 3. The Hall–Kier alpha value is -5.03. The van der Waals surface area contributed by atoms with Crippen LogP contribution in [-0.4, -0.2) is 156 Å². The van der Waals surface area contributed by atoms with Crippen molar-refractivity contribution >= 4 is 72.0 Å². The Labute approximate surface area is 508 Å². The van der Waals surface area contributed by atoms with Crippen LogP contribution in [0.5, 0.6) is 0 Å². The molecular formula is C61H82F6N8O3S4. The predicted molar refractivity (Wildman–Crippen MR) is 333 cm³/mol.